The number of rotatable bonds is 6. The second kappa shape index (κ2) is 7.00. The van der Waals surface area contributed by atoms with E-state index in [4.69, 9.17) is 27.3 Å². The summed E-state index contributed by atoms with van der Waals surface area (Å²) in [5.41, 5.74) is 7.33. The van der Waals surface area contributed by atoms with Crippen LogP contribution in [0.4, 0.5) is 11.4 Å². The van der Waals surface area contributed by atoms with Crippen molar-refractivity contribution in [1.82, 2.24) is 0 Å². The van der Waals surface area contributed by atoms with E-state index < -0.39 is 0 Å². The van der Waals surface area contributed by atoms with E-state index in [9.17, 15) is 0 Å². The predicted octanol–water partition coefficient (Wildman–Crippen LogP) is 2.29. The molecule has 0 aliphatic carbocycles. The van der Waals surface area contributed by atoms with Crippen molar-refractivity contribution in [3.05, 3.63) is 23.2 Å². The summed E-state index contributed by atoms with van der Waals surface area (Å²) in [6.45, 7) is 1.88. The number of methoxy groups -OCH3 is 1. The Labute approximate surface area is 107 Å². The Hall–Kier alpha value is -1.44. The minimum atomic E-state index is 0.440. The summed E-state index contributed by atoms with van der Waals surface area (Å²) < 4.78 is 5.05. The minimum absolute atomic E-state index is 0.440. The highest BCUT2D eigenvalue weighted by Gasteiger charge is 2.11. The number of anilines is 2. The molecule has 4 nitrogen and oxygen atoms in total. The lowest BCUT2D eigenvalue weighted by Gasteiger charge is -2.25. The molecule has 1 rings (SSSR count). The number of nitriles is 1. The van der Waals surface area contributed by atoms with E-state index >= 15 is 0 Å². The molecular formula is C12H16ClN3O. The van der Waals surface area contributed by atoms with Crippen LogP contribution in [0.3, 0.4) is 0 Å². The van der Waals surface area contributed by atoms with Gasteiger partial charge < -0.3 is 15.4 Å². The van der Waals surface area contributed by atoms with Crippen LogP contribution in [0.1, 0.15) is 6.42 Å². The Kier molecular flexibility index (Phi) is 5.61. The number of nitrogen functional groups attached to an aromatic ring is 1. The van der Waals surface area contributed by atoms with Gasteiger partial charge in [0.1, 0.15) is 0 Å². The van der Waals surface area contributed by atoms with Gasteiger partial charge in [-0.25, -0.2) is 0 Å². The molecule has 0 amide bonds. The van der Waals surface area contributed by atoms with E-state index in [1.165, 1.54) is 0 Å². The Morgan fingerprint density at radius 1 is 1.47 bits per heavy atom. The molecule has 0 unspecified atom stereocenters. The maximum absolute atomic E-state index is 8.65. The molecule has 0 aliphatic rings. The van der Waals surface area contributed by atoms with Crippen molar-refractivity contribution in [2.24, 2.45) is 0 Å². The van der Waals surface area contributed by atoms with Crippen molar-refractivity contribution < 1.29 is 4.74 Å². The molecule has 0 aromatic heterocycles. The number of ether oxygens (including phenoxy) is 1. The summed E-state index contributed by atoms with van der Waals surface area (Å²) in [6, 6.07) is 7.62. The molecule has 92 valence electrons. The van der Waals surface area contributed by atoms with Gasteiger partial charge in [0.25, 0.3) is 0 Å². The highest BCUT2D eigenvalue weighted by molar-refractivity contribution is 6.33. The Morgan fingerprint density at radius 3 is 2.88 bits per heavy atom. The van der Waals surface area contributed by atoms with E-state index in [2.05, 4.69) is 6.07 Å². The number of halogens is 1. The van der Waals surface area contributed by atoms with Crippen molar-refractivity contribution in [3.63, 3.8) is 0 Å². The molecule has 0 saturated carbocycles. The molecular weight excluding hydrogens is 238 g/mol. The molecule has 0 saturated heterocycles. The monoisotopic (exact) mass is 253 g/mol. The highest BCUT2D eigenvalue weighted by atomic mass is 35.5. The number of hydrogen-bond donors (Lipinski definition) is 1. The van der Waals surface area contributed by atoms with Crippen molar-refractivity contribution >= 4 is 23.0 Å². The summed E-state index contributed by atoms with van der Waals surface area (Å²) in [5.74, 6) is 0. The van der Waals surface area contributed by atoms with E-state index in [1.807, 2.05) is 17.0 Å². The van der Waals surface area contributed by atoms with Crippen LogP contribution in [0.25, 0.3) is 0 Å². The van der Waals surface area contributed by atoms with Gasteiger partial charge in [0.15, 0.2) is 0 Å². The number of benzene rings is 1. The fourth-order valence-corrected chi connectivity index (χ4v) is 1.71. The van der Waals surface area contributed by atoms with Crippen molar-refractivity contribution in [2.75, 3.05) is 37.4 Å². The predicted molar refractivity (Wildman–Crippen MR) is 70.2 cm³/mol. The van der Waals surface area contributed by atoms with E-state index in [1.54, 1.807) is 13.2 Å². The number of nitrogens with zero attached hydrogens (tertiary/aromatic N) is 2. The summed E-state index contributed by atoms with van der Waals surface area (Å²) in [7, 11) is 1.64. The first-order chi connectivity index (χ1) is 8.20. The van der Waals surface area contributed by atoms with Crippen LogP contribution in [-0.2, 0) is 4.74 Å². The van der Waals surface area contributed by atoms with Gasteiger partial charge in [-0.3, -0.25) is 0 Å². The van der Waals surface area contributed by atoms with Crippen LogP contribution in [-0.4, -0.2) is 26.8 Å². The second-order valence-electron chi connectivity index (χ2n) is 3.56. The van der Waals surface area contributed by atoms with E-state index in [-0.39, 0.29) is 0 Å². The molecule has 2 N–H and O–H groups in total. The summed E-state index contributed by atoms with van der Waals surface area (Å²) in [5, 5.41) is 9.18. The first-order valence-corrected chi connectivity index (χ1v) is 5.73. The Bertz CT molecular complexity index is 403. The van der Waals surface area contributed by atoms with Gasteiger partial charge in [-0.2, -0.15) is 5.26 Å². The van der Waals surface area contributed by atoms with Crippen molar-refractivity contribution in [1.29, 1.82) is 5.26 Å². The molecule has 1 aromatic carbocycles. The van der Waals surface area contributed by atoms with Gasteiger partial charge in [-0.1, -0.05) is 17.7 Å². The number of para-hydroxylation sites is 1. The van der Waals surface area contributed by atoms with Crippen LogP contribution in [0.5, 0.6) is 0 Å². The second-order valence-corrected chi connectivity index (χ2v) is 3.97. The van der Waals surface area contributed by atoms with Gasteiger partial charge in [-0.05, 0) is 12.1 Å². The summed E-state index contributed by atoms with van der Waals surface area (Å²) in [6.07, 6.45) is 0.440. The largest absolute Gasteiger partial charge is 0.396 e. The van der Waals surface area contributed by atoms with Crippen LogP contribution < -0.4 is 10.6 Å². The lowest BCUT2D eigenvalue weighted by Crippen LogP contribution is -2.28. The van der Waals surface area contributed by atoms with Crippen LogP contribution in [0.2, 0.25) is 5.02 Å². The molecule has 0 spiro atoms. The maximum atomic E-state index is 8.65. The first kappa shape index (κ1) is 13.6. The van der Waals surface area contributed by atoms with Crippen LogP contribution >= 0.6 is 11.6 Å². The third-order valence-corrected chi connectivity index (χ3v) is 2.76. The van der Waals surface area contributed by atoms with Crippen LogP contribution in [0.15, 0.2) is 18.2 Å². The van der Waals surface area contributed by atoms with Gasteiger partial charge >= 0.3 is 0 Å². The van der Waals surface area contributed by atoms with Gasteiger partial charge in [0.2, 0.25) is 0 Å². The number of nitrogens with two attached hydrogens (primary N) is 1. The fraction of sp³-hybridized carbons (Fsp3) is 0.417. The smallest absolute Gasteiger partial charge is 0.0741 e. The first-order valence-electron chi connectivity index (χ1n) is 5.35. The molecule has 0 radical (unpaired) electrons. The lowest BCUT2D eigenvalue weighted by molar-refractivity contribution is 0.205. The van der Waals surface area contributed by atoms with Crippen LogP contribution in [0, 0.1) is 11.3 Å². The molecule has 0 atom stereocenters. The topological polar surface area (TPSA) is 62.3 Å². The minimum Gasteiger partial charge on any atom is -0.396 e. The van der Waals surface area contributed by atoms with Crippen molar-refractivity contribution in [3.8, 4) is 6.07 Å². The maximum Gasteiger partial charge on any atom is 0.0741 e. The molecule has 1 aromatic rings. The zero-order chi connectivity index (χ0) is 12.7. The standard InChI is InChI=1S/C12H16ClN3O/c1-17-9-8-16(7-3-6-14)11-5-2-4-10(13)12(11)15/h2,4-5H,3,7-9,15H2,1H3. The summed E-state index contributed by atoms with van der Waals surface area (Å²) >= 11 is 5.98. The van der Waals surface area contributed by atoms with Crippen molar-refractivity contribution in [2.45, 2.75) is 6.42 Å². The summed E-state index contributed by atoms with van der Waals surface area (Å²) in [4.78, 5) is 2.01. The quantitative estimate of drug-likeness (QED) is 0.790. The van der Waals surface area contributed by atoms with E-state index in [0.29, 0.717) is 36.8 Å². The van der Waals surface area contributed by atoms with Gasteiger partial charge in [-0.15, -0.1) is 0 Å². The normalized spacial score (nSPS) is 9.94. The third-order valence-electron chi connectivity index (χ3n) is 2.43. The van der Waals surface area contributed by atoms with Gasteiger partial charge in [0.05, 0.1) is 35.5 Å². The zero-order valence-electron chi connectivity index (χ0n) is 9.82. The average molecular weight is 254 g/mol. The Balaban J connectivity index is 2.87. The molecule has 0 aliphatic heterocycles. The molecule has 17 heavy (non-hydrogen) atoms. The zero-order valence-corrected chi connectivity index (χ0v) is 10.6. The molecule has 0 heterocycles. The lowest BCUT2D eigenvalue weighted by atomic mass is 10.2. The third kappa shape index (κ3) is 3.81. The molecule has 0 bridgehead atoms. The molecule has 5 heteroatoms. The SMILES string of the molecule is COCCN(CCC#N)c1cccc(Cl)c1N. The Morgan fingerprint density at radius 2 is 2.24 bits per heavy atom. The van der Waals surface area contributed by atoms with E-state index in [0.717, 1.165) is 5.69 Å². The fourth-order valence-electron chi connectivity index (χ4n) is 1.54. The average Bonchev–Trinajstić information content (AvgIpc) is 2.34. The molecule has 0 fully saturated rings. The highest BCUT2D eigenvalue weighted by Crippen LogP contribution is 2.29. The van der Waals surface area contributed by atoms with Gasteiger partial charge in [0, 0.05) is 20.2 Å². The number of hydrogen-bond acceptors (Lipinski definition) is 4.